The van der Waals surface area contributed by atoms with Gasteiger partial charge in [-0.05, 0) is 25.0 Å². The number of nitrogens with zero attached hydrogens (tertiary/aromatic N) is 1. The lowest BCUT2D eigenvalue weighted by Gasteiger charge is -2.29. The Morgan fingerprint density at radius 2 is 1.43 bits per heavy atom. The van der Waals surface area contributed by atoms with E-state index in [2.05, 4.69) is 39.1 Å². The van der Waals surface area contributed by atoms with E-state index in [0.717, 1.165) is 4.48 Å². The van der Waals surface area contributed by atoms with Crippen LogP contribution in [0.2, 0.25) is 0 Å². The van der Waals surface area contributed by atoms with Crippen LogP contribution < -0.4 is 4.48 Å². The third-order valence-corrected chi connectivity index (χ3v) is 3.38. The average molecular weight is 190 g/mol. The Balaban J connectivity index is 2.40. The van der Waals surface area contributed by atoms with Gasteiger partial charge in [-0.25, -0.2) is 0 Å². The number of hydrogen-bond donors (Lipinski definition) is 0. The quantitative estimate of drug-likeness (QED) is 0.597. The van der Waals surface area contributed by atoms with E-state index in [9.17, 15) is 0 Å². The highest BCUT2D eigenvalue weighted by Crippen LogP contribution is 2.28. The SMILES string of the molecule is Cc1cc(C)cc([N+]2(C)CCCC2)c1. The molecule has 0 N–H and O–H groups in total. The second-order valence-corrected chi connectivity index (χ2v) is 4.90. The molecule has 0 unspecified atom stereocenters. The molecule has 76 valence electrons. The molecule has 0 amide bonds. The first-order valence-electron chi connectivity index (χ1n) is 5.54. The van der Waals surface area contributed by atoms with E-state index in [1.165, 1.54) is 42.7 Å². The van der Waals surface area contributed by atoms with Crippen molar-refractivity contribution in [3.63, 3.8) is 0 Å². The lowest BCUT2D eigenvalue weighted by atomic mass is 10.1. The van der Waals surface area contributed by atoms with E-state index in [1.54, 1.807) is 0 Å². The molecule has 0 aliphatic carbocycles. The molecule has 0 atom stereocenters. The highest BCUT2D eigenvalue weighted by molar-refractivity contribution is 5.48. The van der Waals surface area contributed by atoms with Crippen molar-refractivity contribution in [2.45, 2.75) is 26.7 Å². The Labute approximate surface area is 86.9 Å². The molecule has 2 rings (SSSR count). The molecule has 1 aromatic rings. The summed E-state index contributed by atoms with van der Waals surface area (Å²) in [6.45, 7) is 7.00. The third-order valence-electron chi connectivity index (χ3n) is 3.38. The largest absolute Gasteiger partial charge is 0.294 e. The monoisotopic (exact) mass is 190 g/mol. The topological polar surface area (TPSA) is 0 Å². The van der Waals surface area contributed by atoms with E-state index >= 15 is 0 Å². The van der Waals surface area contributed by atoms with E-state index in [-0.39, 0.29) is 0 Å². The summed E-state index contributed by atoms with van der Waals surface area (Å²) in [6.07, 6.45) is 2.76. The summed E-state index contributed by atoms with van der Waals surface area (Å²) >= 11 is 0. The van der Waals surface area contributed by atoms with Gasteiger partial charge in [-0.2, -0.15) is 0 Å². The fourth-order valence-electron chi connectivity index (χ4n) is 2.55. The number of aryl methyl sites for hydroxylation is 2. The maximum atomic E-state index is 2.36. The summed E-state index contributed by atoms with van der Waals surface area (Å²) in [7, 11) is 2.36. The molecule has 0 radical (unpaired) electrons. The van der Waals surface area contributed by atoms with Gasteiger partial charge in [0.25, 0.3) is 0 Å². The minimum absolute atomic E-state index is 1.14. The smallest absolute Gasteiger partial charge is 0.133 e. The zero-order valence-corrected chi connectivity index (χ0v) is 9.51. The van der Waals surface area contributed by atoms with E-state index in [1.807, 2.05) is 0 Å². The first-order valence-corrected chi connectivity index (χ1v) is 5.54. The summed E-state index contributed by atoms with van der Waals surface area (Å²) in [4.78, 5) is 0. The molecule has 14 heavy (non-hydrogen) atoms. The molecule has 1 aromatic carbocycles. The first kappa shape index (κ1) is 9.72. The van der Waals surface area contributed by atoms with Crippen LogP contribution in [0, 0.1) is 13.8 Å². The lowest BCUT2D eigenvalue weighted by Crippen LogP contribution is -2.41. The number of quaternary nitrogens is 1. The second-order valence-electron chi connectivity index (χ2n) is 4.90. The van der Waals surface area contributed by atoms with Crippen LogP contribution in [0.15, 0.2) is 18.2 Å². The Morgan fingerprint density at radius 1 is 0.929 bits per heavy atom. The van der Waals surface area contributed by atoms with Crippen molar-refractivity contribution < 1.29 is 0 Å². The summed E-state index contributed by atoms with van der Waals surface area (Å²) in [6, 6.07) is 6.95. The van der Waals surface area contributed by atoms with Crippen molar-refractivity contribution in [2.75, 3.05) is 20.1 Å². The van der Waals surface area contributed by atoms with Gasteiger partial charge < -0.3 is 0 Å². The number of rotatable bonds is 1. The van der Waals surface area contributed by atoms with Crippen molar-refractivity contribution in [3.8, 4) is 0 Å². The van der Waals surface area contributed by atoms with E-state index < -0.39 is 0 Å². The van der Waals surface area contributed by atoms with E-state index in [4.69, 9.17) is 0 Å². The summed E-state index contributed by atoms with van der Waals surface area (Å²) < 4.78 is 1.14. The molecular weight excluding hydrogens is 170 g/mol. The van der Waals surface area contributed by atoms with Gasteiger partial charge >= 0.3 is 0 Å². The second kappa shape index (κ2) is 3.39. The van der Waals surface area contributed by atoms with Crippen LogP contribution in [0.5, 0.6) is 0 Å². The molecule has 0 saturated carbocycles. The Kier molecular flexibility index (Phi) is 2.36. The zero-order valence-electron chi connectivity index (χ0n) is 9.51. The highest BCUT2D eigenvalue weighted by atomic mass is 15.3. The fourth-order valence-corrected chi connectivity index (χ4v) is 2.55. The van der Waals surface area contributed by atoms with Crippen molar-refractivity contribution in [1.29, 1.82) is 0 Å². The summed E-state index contributed by atoms with van der Waals surface area (Å²) in [5.74, 6) is 0. The lowest BCUT2D eigenvalue weighted by molar-refractivity contribution is 0.405. The molecule has 1 aliphatic rings. The molecule has 0 spiro atoms. The predicted molar refractivity (Wildman–Crippen MR) is 62.6 cm³/mol. The van der Waals surface area contributed by atoms with Gasteiger partial charge in [0, 0.05) is 25.0 Å². The van der Waals surface area contributed by atoms with Crippen LogP contribution in [0.25, 0.3) is 0 Å². The molecule has 1 heteroatoms. The molecule has 0 aromatic heterocycles. The van der Waals surface area contributed by atoms with Crippen molar-refractivity contribution >= 4 is 5.69 Å². The number of hydrogen-bond acceptors (Lipinski definition) is 0. The highest BCUT2D eigenvalue weighted by Gasteiger charge is 2.29. The molecule has 1 saturated heterocycles. The van der Waals surface area contributed by atoms with Crippen molar-refractivity contribution in [3.05, 3.63) is 29.3 Å². The first-order chi connectivity index (χ1) is 6.60. The Bertz CT molecular complexity index is 315. The van der Waals surface area contributed by atoms with Crippen LogP contribution in [0.1, 0.15) is 24.0 Å². The van der Waals surface area contributed by atoms with Gasteiger partial charge in [-0.15, -0.1) is 0 Å². The summed E-state index contributed by atoms with van der Waals surface area (Å²) in [5.41, 5.74) is 4.29. The predicted octanol–water partition coefficient (Wildman–Crippen LogP) is 3.03. The van der Waals surface area contributed by atoms with Crippen LogP contribution in [-0.2, 0) is 0 Å². The van der Waals surface area contributed by atoms with Gasteiger partial charge in [-0.1, -0.05) is 6.07 Å². The number of benzene rings is 1. The maximum Gasteiger partial charge on any atom is 0.133 e. The van der Waals surface area contributed by atoms with Crippen LogP contribution in [0.3, 0.4) is 0 Å². The normalized spacial score (nSPS) is 19.9. The van der Waals surface area contributed by atoms with Gasteiger partial charge in [-0.3, -0.25) is 4.48 Å². The number of likely N-dealkylation sites (tertiary alicyclic amines) is 1. The van der Waals surface area contributed by atoms with Gasteiger partial charge in [0.05, 0.1) is 20.1 Å². The van der Waals surface area contributed by atoms with Crippen molar-refractivity contribution in [1.82, 2.24) is 4.48 Å². The molecular formula is C13H20N+. The van der Waals surface area contributed by atoms with Gasteiger partial charge in [0.1, 0.15) is 5.69 Å². The Morgan fingerprint density at radius 3 is 1.93 bits per heavy atom. The van der Waals surface area contributed by atoms with Crippen LogP contribution in [0.4, 0.5) is 5.69 Å². The molecule has 1 nitrogen and oxygen atoms in total. The minimum atomic E-state index is 1.14. The molecule has 1 aliphatic heterocycles. The minimum Gasteiger partial charge on any atom is -0.294 e. The molecule has 0 bridgehead atoms. The van der Waals surface area contributed by atoms with Crippen LogP contribution in [-0.4, -0.2) is 20.1 Å². The zero-order chi connectivity index (χ0) is 10.2. The average Bonchev–Trinajstić information content (AvgIpc) is 2.52. The molecule has 1 heterocycles. The third kappa shape index (κ3) is 1.69. The fraction of sp³-hybridized carbons (Fsp3) is 0.538. The van der Waals surface area contributed by atoms with Gasteiger partial charge in [0.2, 0.25) is 0 Å². The van der Waals surface area contributed by atoms with Crippen LogP contribution >= 0.6 is 0 Å². The van der Waals surface area contributed by atoms with E-state index in [0.29, 0.717) is 0 Å². The van der Waals surface area contributed by atoms with Crippen molar-refractivity contribution in [2.24, 2.45) is 0 Å². The standard InChI is InChI=1S/C13H20N/c1-11-8-12(2)10-13(9-11)14(3)6-4-5-7-14/h8-10H,4-7H2,1-3H3/q+1. The summed E-state index contributed by atoms with van der Waals surface area (Å²) in [5, 5.41) is 0. The Hall–Kier alpha value is -0.820. The molecule has 1 fully saturated rings. The maximum absolute atomic E-state index is 2.36. The van der Waals surface area contributed by atoms with Gasteiger partial charge in [0.15, 0.2) is 0 Å².